The number of aromatic nitrogens is 6. The lowest BCUT2D eigenvalue weighted by Gasteiger charge is -2.21. The second-order valence-electron chi connectivity index (χ2n) is 35.6. The second kappa shape index (κ2) is 27.8. The van der Waals surface area contributed by atoms with Crippen molar-refractivity contribution in [2.45, 2.75) is 57.8 Å². The van der Waals surface area contributed by atoms with Crippen molar-refractivity contribution in [3.8, 4) is 112 Å². The fourth-order valence-corrected chi connectivity index (χ4v) is 21.2. The molecule has 0 aliphatic heterocycles. The van der Waals surface area contributed by atoms with Gasteiger partial charge in [0.2, 0.25) is 0 Å². The van der Waals surface area contributed by atoms with Crippen molar-refractivity contribution in [2.75, 3.05) is 0 Å². The third kappa shape index (κ3) is 11.0. The maximum Gasteiger partial charge on any atom is 0.180 e. The van der Waals surface area contributed by atoms with Crippen LogP contribution in [0.3, 0.4) is 0 Å². The molecule has 28 rings (SSSR count). The first-order valence-corrected chi connectivity index (χ1v) is 43.9. The molecule has 0 bridgehead atoms. The lowest BCUT2D eigenvalue weighted by atomic mass is 9.81. The first-order valence-electron chi connectivity index (χ1n) is 43.9. The van der Waals surface area contributed by atoms with Gasteiger partial charge in [0.25, 0.3) is 0 Å². The van der Waals surface area contributed by atoms with Crippen molar-refractivity contribution in [1.82, 2.24) is 29.9 Å². The molecule has 9 aromatic heterocycles. The van der Waals surface area contributed by atoms with Gasteiger partial charge in [0.15, 0.2) is 34.2 Å². The highest BCUT2D eigenvalue weighted by atomic mass is 16.4. The van der Waals surface area contributed by atoms with E-state index in [-0.39, 0.29) is 16.2 Å². The van der Waals surface area contributed by atoms with E-state index in [0.717, 1.165) is 177 Å². The molecule has 0 N–H and O–H groups in total. The van der Waals surface area contributed by atoms with Crippen LogP contribution in [0.1, 0.15) is 74.9 Å². The van der Waals surface area contributed by atoms with E-state index in [1.165, 1.54) is 66.8 Å². The summed E-state index contributed by atoms with van der Waals surface area (Å²) in [7, 11) is 0. The molecule has 12 nitrogen and oxygen atoms in total. The van der Waals surface area contributed by atoms with Crippen LogP contribution in [0.25, 0.3) is 244 Å². The van der Waals surface area contributed by atoms with Gasteiger partial charge in [0, 0.05) is 115 Å². The molecule has 0 atom stereocenters. The van der Waals surface area contributed by atoms with Gasteiger partial charge in [-0.1, -0.05) is 327 Å². The molecule has 0 amide bonds. The average molecular weight is 1660 g/mol. The van der Waals surface area contributed by atoms with Crippen LogP contribution in [0.2, 0.25) is 0 Å². The Labute approximate surface area is 739 Å². The lowest BCUT2D eigenvalue weighted by Crippen LogP contribution is -2.15. The van der Waals surface area contributed by atoms with Crippen LogP contribution in [-0.4, -0.2) is 29.9 Å². The summed E-state index contributed by atoms with van der Waals surface area (Å²) in [5.41, 5.74) is 37.3. The predicted octanol–water partition coefficient (Wildman–Crippen LogP) is 31.4. The van der Waals surface area contributed by atoms with Gasteiger partial charge in [-0.25, -0.2) is 29.9 Å². The van der Waals surface area contributed by atoms with Crippen LogP contribution in [0, 0.1) is 0 Å². The normalized spacial score (nSPS) is 13.7. The van der Waals surface area contributed by atoms with Gasteiger partial charge in [-0.2, -0.15) is 0 Å². The molecule has 12 heteroatoms. The summed E-state index contributed by atoms with van der Waals surface area (Å²) in [6.45, 7) is 13.8. The van der Waals surface area contributed by atoms with Gasteiger partial charge in [0.1, 0.15) is 83.9 Å². The number of fused-ring (bicyclic) bond motifs is 30. The Hall–Kier alpha value is -16.4. The SMILES string of the molecule is CC1(C)c2ccccc2-c2ccc3c(oc4c(-c5ccc(-c6nc(-c7ccccc7)c7oc8ccccc8c7n6)cc5)cccc43)c21.CC1(C)c2ccccc2-c2ccc3c(oc4c(-c5nc(-c6ccccc6)c6oc7ccccc7c6n5)cccc43)c21.CC1(C)c2ccccc2-c2ccc3c(oc4cccc(-c5nc(-c6ccccc6)nc6c5oc5ccccc56)c43)c21. The van der Waals surface area contributed by atoms with Crippen molar-refractivity contribution in [2.24, 2.45) is 0 Å². The Morgan fingerprint density at radius 3 is 0.969 bits per heavy atom. The quantitative estimate of drug-likeness (QED) is 0.149. The van der Waals surface area contributed by atoms with Gasteiger partial charge in [-0.15, -0.1) is 0 Å². The first-order chi connectivity index (χ1) is 63.2. The van der Waals surface area contributed by atoms with Crippen molar-refractivity contribution < 1.29 is 26.5 Å². The van der Waals surface area contributed by atoms with Crippen LogP contribution in [0.5, 0.6) is 0 Å². The second-order valence-corrected chi connectivity index (χ2v) is 35.6. The molecule has 610 valence electrons. The summed E-state index contributed by atoms with van der Waals surface area (Å²) < 4.78 is 39.6. The van der Waals surface area contributed by atoms with E-state index in [2.05, 4.69) is 266 Å². The molecule has 0 saturated heterocycles. The summed E-state index contributed by atoms with van der Waals surface area (Å²) in [4.78, 5) is 30.5. The number of furan rings is 6. The molecule has 0 saturated carbocycles. The summed E-state index contributed by atoms with van der Waals surface area (Å²) in [5, 5.41) is 9.51. The maximum absolute atomic E-state index is 6.87. The molecule has 0 fully saturated rings. The highest BCUT2D eigenvalue weighted by Gasteiger charge is 2.42. The van der Waals surface area contributed by atoms with Crippen molar-refractivity contribution >= 4 is 132 Å². The number of nitrogens with zero attached hydrogens (tertiary/aromatic N) is 6. The van der Waals surface area contributed by atoms with Crippen LogP contribution >= 0.6 is 0 Å². The Bertz CT molecular complexity index is 9040. The minimum Gasteiger partial charge on any atom is -0.456 e. The number of hydrogen-bond donors (Lipinski definition) is 0. The molecule has 9 heterocycles. The third-order valence-corrected chi connectivity index (χ3v) is 27.3. The minimum atomic E-state index is -0.180. The topological polar surface area (TPSA) is 156 Å². The molecular weight excluding hydrogens is 1590 g/mol. The summed E-state index contributed by atoms with van der Waals surface area (Å²) in [6, 6.07) is 121. The van der Waals surface area contributed by atoms with Gasteiger partial charge in [-0.05, 0) is 122 Å². The first kappa shape index (κ1) is 74.0. The van der Waals surface area contributed by atoms with E-state index in [0.29, 0.717) is 34.2 Å². The molecule has 0 unspecified atom stereocenters. The highest BCUT2D eigenvalue weighted by Crippen LogP contribution is 2.58. The van der Waals surface area contributed by atoms with Crippen molar-refractivity contribution in [3.63, 3.8) is 0 Å². The molecule has 16 aromatic carbocycles. The summed E-state index contributed by atoms with van der Waals surface area (Å²) >= 11 is 0. The Morgan fingerprint density at radius 2 is 0.488 bits per heavy atom. The lowest BCUT2D eigenvalue weighted by molar-refractivity contribution is 0.619. The summed E-state index contributed by atoms with van der Waals surface area (Å²) in [6.07, 6.45) is 0. The molecule has 0 radical (unpaired) electrons. The monoisotopic (exact) mass is 1660 g/mol. The molecule has 129 heavy (non-hydrogen) atoms. The Balaban J connectivity index is 0.000000102. The maximum atomic E-state index is 6.87. The van der Waals surface area contributed by atoms with Crippen LogP contribution < -0.4 is 0 Å². The van der Waals surface area contributed by atoms with E-state index in [1.54, 1.807) is 0 Å². The number of para-hydroxylation sites is 5. The van der Waals surface area contributed by atoms with E-state index in [9.17, 15) is 0 Å². The largest absolute Gasteiger partial charge is 0.456 e. The minimum absolute atomic E-state index is 0.152. The molecule has 25 aromatic rings. The molecule has 0 spiro atoms. The average Bonchev–Trinajstić information content (AvgIpc) is 1.56. The van der Waals surface area contributed by atoms with E-state index in [1.807, 2.05) is 127 Å². The van der Waals surface area contributed by atoms with Gasteiger partial charge < -0.3 is 26.5 Å². The zero-order valence-electron chi connectivity index (χ0n) is 71.1. The van der Waals surface area contributed by atoms with Gasteiger partial charge in [-0.3, -0.25) is 0 Å². The van der Waals surface area contributed by atoms with Crippen LogP contribution in [-0.2, 0) is 16.2 Å². The zero-order chi connectivity index (χ0) is 85.9. The van der Waals surface area contributed by atoms with Crippen molar-refractivity contribution in [3.05, 3.63) is 385 Å². The smallest absolute Gasteiger partial charge is 0.180 e. The fraction of sp³-hybridized carbons (Fsp3) is 0.0769. The van der Waals surface area contributed by atoms with Gasteiger partial charge in [0.05, 0.1) is 5.56 Å². The number of hydrogen-bond acceptors (Lipinski definition) is 12. The van der Waals surface area contributed by atoms with E-state index >= 15 is 0 Å². The predicted molar refractivity (Wildman–Crippen MR) is 521 cm³/mol. The highest BCUT2D eigenvalue weighted by molar-refractivity contribution is 6.20. The molecule has 3 aliphatic rings. The zero-order valence-corrected chi connectivity index (χ0v) is 71.1. The molecule has 3 aliphatic carbocycles. The fourth-order valence-electron chi connectivity index (χ4n) is 21.2. The van der Waals surface area contributed by atoms with E-state index < -0.39 is 0 Å². The van der Waals surface area contributed by atoms with E-state index in [4.69, 9.17) is 56.4 Å². The van der Waals surface area contributed by atoms with Crippen molar-refractivity contribution in [1.29, 1.82) is 0 Å². The number of benzene rings is 16. The molecular formula is C117H76N6O6. The van der Waals surface area contributed by atoms with Gasteiger partial charge >= 0.3 is 0 Å². The summed E-state index contributed by atoms with van der Waals surface area (Å²) in [5.74, 6) is 1.95. The standard InChI is InChI=1S/C43H28N2O2.2C37H24N2O2/c1-43(2)34-17-8-6-13-29(34)30-23-24-32-31-16-10-15-28(39(31)47-40(32)36(30)43)25-19-21-27(22-20-25)42-44-37(26-11-4-3-5-12-26)41-38(45-42)33-14-7-9-18-35(33)46-41;1-37(2)28-17-8-6-13-22(28)23-19-20-25-24-15-10-16-27(33(24)41-34(25)30(23)37)36-38-31(21-11-4-3-5-12-21)35-32(39-36)26-14-7-9-18-29(26)40-35;1-37(2)27-16-8-6-13-22(27)23-19-20-26-30-25(15-10-18-29(30)41-34(26)31(23)37)33-35-32(24-14-7-9-17-28(24)40-35)38-36(39-33)21-11-4-3-5-12-21/h3-24H,1-2H3;2*3-20H,1-2H3. The van der Waals surface area contributed by atoms with Crippen LogP contribution in [0.4, 0.5) is 0 Å². The Morgan fingerprint density at radius 1 is 0.178 bits per heavy atom. The Kier molecular flexibility index (Phi) is 15.9. The third-order valence-electron chi connectivity index (χ3n) is 27.3. The number of rotatable bonds is 7. The van der Waals surface area contributed by atoms with Crippen LogP contribution in [0.15, 0.2) is 378 Å².